The fourth-order valence-electron chi connectivity index (χ4n) is 4.88. The third kappa shape index (κ3) is 5.10. The van der Waals surface area contributed by atoms with Crippen LogP contribution in [0.2, 0.25) is 0 Å². The van der Waals surface area contributed by atoms with Gasteiger partial charge in [-0.15, -0.1) is 0 Å². The van der Waals surface area contributed by atoms with Crippen molar-refractivity contribution in [2.75, 3.05) is 16.9 Å². The minimum atomic E-state index is -0.342. The molecule has 0 fully saturated rings. The second-order valence-electron chi connectivity index (χ2n) is 9.08. The minimum Gasteiger partial charge on any atom is -0.497 e. The molecule has 2 atom stereocenters. The molecule has 0 radical (unpaired) electrons. The van der Waals surface area contributed by atoms with Crippen LogP contribution in [0, 0.1) is 0 Å². The number of hydrogen-bond acceptors (Lipinski definition) is 4. The summed E-state index contributed by atoms with van der Waals surface area (Å²) in [6, 6.07) is 22.1. The Bertz CT molecular complexity index is 1250. The standard InChI is InChI=1S/C29H31N3O4/c1-19-18-27(32(20(2)33)23-13-8-21(9-14-23)10-17-28(30)34)25-6-4-5-7-26(25)31(19)29(35)22-11-15-24(36-3)16-12-22/h4-9,11-16,19,27H,10,17-18H2,1-3H3,(H2,30,34)/t19-,27-/m1/s1. The minimum absolute atomic E-state index is 0.0816. The molecule has 0 saturated carbocycles. The molecule has 0 bridgehead atoms. The number of amides is 3. The van der Waals surface area contributed by atoms with Crippen molar-refractivity contribution in [2.24, 2.45) is 5.73 Å². The van der Waals surface area contributed by atoms with Gasteiger partial charge in [0.2, 0.25) is 11.8 Å². The average molecular weight is 486 g/mol. The van der Waals surface area contributed by atoms with Gasteiger partial charge in [-0.1, -0.05) is 30.3 Å². The molecule has 3 aromatic rings. The maximum atomic E-state index is 13.6. The topological polar surface area (TPSA) is 92.9 Å². The molecule has 0 aromatic heterocycles. The molecule has 3 amide bonds. The predicted molar refractivity (Wildman–Crippen MR) is 140 cm³/mol. The van der Waals surface area contributed by atoms with Crippen LogP contribution in [0.1, 0.15) is 54.2 Å². The van der Waals surface area contributed by atoms with Crippen molar-refractivity contribution in [1.82, 2.24) is 0 Å². The molecule has 36 heavy (non-hydrogen) atoms. The van der Waals surface area contributed by atoms with Crippen LogP contribution in [0.4, 0.5) is 11.4 Å². The fraction of sp³-hybridized carbons (Fsp3) is 0.276. The lowest BCUT2D eigenvalue weighted by molar-refractivity contribution is -0.118. The number of ether oxygens (including phenoxy) is 1. The van der Waals surface area contributed by atoms with Gasteiger partial charge in [-0.2, -0.15) is 0 Å². The summed E-state index contributed by atoms with van der Waals surface area (Å²) < 4.78 is 5.23. The van der Waals surface area contributed by atoms with Gasteiger partial charge in [-0.05, 0) is 73.4 Å². The van der Waals surface area contributed by atoms with Crippen molar-refractivity contribution in [3.8, 4) is 5.75 Å². The highest BCUT2D eigenvalue weighted by Crippen LogP contribution is 2.42. The van der Waals surface area contributed by atoms with Crippen molar-refractivity contribution in [1.29, 1.82) is 0 Å². The number of aryl methyl sites for hydroxylation is 1. The second-order valence-corrected chi connectivity index (χ2v) is 9.08. The van der Waals surface area contributed by atoms with Crippen LogP contribution in [0.5, 0.6) is 5.75 Å². The van der Waals surface area contributed by atoms with Gasteiger partial charge in [0, 0.05) is 36.3 Å². The molecule has 1 heterocycles. The Morgan fingerprint density at radius 2 is 1.67 bits per heavy atom. The number of nitrogens with two attached hydrogens (primary N) is 1. The van der Waals surface area contributed by atoms with E-state index in [1.165, 1.54) is 0 Å². The lowest BCUT2D eigenvalue weighted by Gasteiger charge is -2.43. The van der Waals surface area contributed by atoms with Crippen molar-refractivity contribution >= 4 is 29.1 Å². The lowest BCUT2D eigenvalue weighted by Crippen LogP contribution is -2.47. The summed E-state index contributed by atoms with van der Waals surface area (Å²) in [7, 11) is 1.59. The van der Waals surface area contributed by atoms with E-state index in [0.717, 1.165) is 22.5 Å². The normalized spacial score (nSPS) is 16.7. The highest BCUT2D eigenvalue weighted by molar-refractivity contribution is 6.07. The molecular formula is C29H31N3O4. The van der Waals surface area contributed by atoms with Gasteiger partial charge in [0.15, 0.2) is 0 Å². The Hall–Kier alpha value is -4.13. The van der Waals surface area contributed by atoms with Gasteiger partial charge >= 0.3 is 0 Å². The van der Waals surface area contributed by atoms with Crippen LogP contribution in [0.3, 0.4) is 0 Å². The Kier molecular flexibility index (Phi) is 7.38. The van der Waals surface area contributed by atoms with Gasteiger partial charge in [-0.3, -0.25) is 14.4 Å². The number of methoxy groups -OCH3 is 1. The van der Waals surface area contributed by atoms with Crippen LogP contribution in [0.15, 0.2) is 72.8 Å². The summed E-state index contributed by atoms with van der Waals surface area (Å²) >= 11 is 0. The summed E-state index contributed by atoms with van der Waals surface area (Å²) in [6.07, 6.45) is 1.42. The van der Waals surface area contributed by atoms with Gasteiger partial charge in [0.1, 0.15) is 5.75 Å². The van der Waals surface area contributed by atoms with Gasteiger partial charge < -0.3 is 20.3 Å². The van der Waals surface area contributed by atoms with E-state index in [4.69, 9.17) is 10.5 Å². The molecular weight excluding hydrogens is 454 g/mol. The quantitative estimate of drug-likeness (QED) is 0.527. The maximum Gasteiger partial charge on any atom is 0.258 e. The van der Waals surface area contributed by atoms with E-state index in [0.29, 0.717) is 24.2 Å². The van der Waals surface area contributed by atoms with E-state index in [9.17, 15) is 14.4 Å². The Morgan fingerprint density at radius 3 is 2.28 bits per heavy atom. The van der Waals surface area contributed by atoms with E-state index in [1.54, 1.807) is 43.2 Å². The number of benzene rings is 3. The first-order chi connectivity index (χ1) is 17.3. The molecule has 0 aliphatic carbocycles. The number of fused-ring (bicyclic) bond motifs is 1. The second kappa shape index (κ2) is 10.6. The molecule has 186 valence electrons. The third-order valence-corrected chi connectivity index (χ3v) is 6.64. The molecule has 7 heteroatoms. The number of carbonyl (C=O) groups excluding carboxylic acids is 3. The van der Waals surface area contributed by atoms with Crippen LogP contribution in [0.25, 0.3) is 0 Å². The zero-order valence-corrected chi connectivity index (χ0v) is 20.8. The molecule has 4 rings (SSSR count). The van der Waals surface area contributed by atoms with Gasteiger partial charge in [0.25, 0.3) is 5.91 Å². The van der Waals surface area contributed by atoms with E-state index in [1.807, 2.05) is 60.4 Å². The van der Waals surface area contributed by atoms with Crippen LogP contribution >= 0.6 is 0 Å². The van der Waals surface area contributed by atoms with Crippen LogP contribution < -0.4 is 20.3 Å². The predicted octanol–water partition coefficient (Wildman–Crippen LogP) is 4.65. The molecule has 3 aromatic carbocycles. The lowest BCUT2D eigenvalue weighted by atomic mass is 9.89. The smallest absolute Gasteiger partial charge is 0.258 e. The van der Waals surface area contributed by atoms with Crippen molar-refractivity contribution < 1.29 is 19.1 Å². The summed E-state index contributed by atoms with van der Waals surface area (Å²) in [4.78, 5) is 41.2. The Morgan fingerprint density at radius 1 is 1.00 bits per heavy atom. The molecule has 0 saturated heterocycles. The van der Waals surface area contributed by atoms with Crippen LogP contribution in [-0.2, 0) is 16.0 Å². The summed E-state index contributed by atoms with van der Waals surface area (Å²) in [6.45, 7) is 3.57. The van der Waals surface area contributed by atoms with Gasteiger partial charge in [-0.25, -0.2) is 0 Å². The van der Waals surface area contributed by atoms with E-state index in [-0.39, 0.29) is 36.2 Å². The summed E-state index contributed by atoms with van der Waals surface area (Å²) in [5.74, 6) is 0.175. The molecule has 0 unspecified atom stereocenters. The van der Waals surface area contributed by atoms with E-state index in [2.05, 4.69) is 0 Å². The average Bonchev–Trinajstić information content (AvgIpc) is 2.88. The number of rotatable bonds is 7. The highest BCUT2D eigenvalue weighted by Gasteiger charge is 2.38. The number of carbonyl (C=O) groups is 3. The number of anilines is 2. The number of para-hydroxylation sites is 1. The number of primary amides is 1. The molecule has 1 aliphatic heterocycles. The molecule has 1 aliphatic rings. The number of hydrogen-bond donors (Lipinski definition) is 1. The third-order valence-electron chi connectivity index (χ3n) is 6.64. The first-order valence-electron chi connectivity index (χ1n) is 12.0. The van der Waals surface area contributed by atoms with Gasteiger partial charge in [0.05, 0.1) is 13.2 Å². The zero-order valence-electron chi connectivity index (χ0n) is 20.8. The van der Waals surface area contributed by atoms with Crippen molar-refractivity contribution in [2.45, 2.75) is 45.2 Å². The number of nitrogens with zero attached hydrogens (tertiary/aromatic N) is 2. The van der Waals surface area contributed by atoms with Crippen molar-refractivity contribution in [3.05, 3.63) is 89.5 Å². The largest absolute Gasteiger partial charge is 0.497 e. The molecule has 7 nitrogen and oxygen atoms in total. The first-order valence-corrected chi connectivity index (χ1v) is 12.0. The SMILES string of the molecule is COc1ccc(C(=O)N2c3ccccc3[C@H](N(C(C)=O)c3ccc(CCC(N)=O)cc3)C[C@H]2C)cc1. The van der Waals surface area contributed by atoms with E-state index >= 15 is 0 Å². The fourth-order valence-corrected chi connectivity index (χ4v) is 4.88. The molecule has 2 N–H and O–H groups in total. The van der Waals surface area contributed by atoms with Crippen LogP contribution in [-0.4, -0.2) is 30.9 Å². The first kappa shape index (κ1) is 25.0. The maximum absolute atomic E-state index is 13.6. The Labute approximate surface area is 211 Å². The molecule has 0 spiro atoms. The Balaban J connectivity index is 1.67. The highest BCUT2D eigenvalue weighted by atomic mass is 16.5. The monoisotopic (exact) mass is 485 g/mol. The summed E-state index contributed by atoms with van der Waals surface area (Å²) in [5.41, 5.74) is 9.32. The zero-order chi connectivity index (χ0) is 25.8. The van der Waals surface area contributed by atoms with E-state index < -0.39 is 0 Å². The van der Waals surface area contributed by atoms with Crippen molar-refractivity contribution in [3.63, 3.8) is 0 Å². The summed E-state index contributed by atoms with van der Waals surface area (Å²) in [5, 5.41) is 0.